The summed E-state index contributed by atoms with van der Waals surface area (Å²) in [4.78, 5) is 26.5. The monoisotopic (exact) mass is 266 g/mol. The Kier molecular flexibility index (Phi) is 5.78. The van der Waals surface area contributed by atoms with Gasteiger partial charge in [-0.1, -0.05) is 26.3 Å². The molecule has 6 nitrogen and oxygen atoms in total. The van der Waals surface area contributed by atoms with Gasteiger partial charge in [-0.3, -0.25) is 4.98 Å². The lowest BCUT2D eigenvalue weighted by atomic mass is 10.00. The number of ether oxygens (including phenoxy) is 1. The summed E-state index contributed by atoms with van der Waals surface area (Å²) in [5.41, 5.74) is 0.605. The van der Waals surface area contributed by atoms with E-state index in [9.17, 15) is 9.59 Å². The lowest BCUT2D eigenvalue weighted by Gasteiger charge is -2.19. The molecule has 0 aliphatic carbocycles. The van der Waals surface area contributed by atoms with Gasteiger partial charge in [0.1, 0.15) is 12.6 Å². The van der Waals surface area contributed by atoms with E-state index in [1.165, 1.54) is 0 Å². The van der Waals surface area contributed by atoms with Crippen molar-refractivity contribution in [3.63, 3.8) is 0 Å². The standard InChI is InChI=1S/C13H18N2O4/c1-3-9(2)11(12(16)17)15-13(18)19-8-10-6-4-5-7-14-10/h4-7,9,11H,3,8H2,1-2H3,(H,15,18)(H,16,17)/t9-,11-/m0/s1. The number of aliphatic carboxylic acids is 1. The number of carbonyl (C=O) groups excluding carboxylic acids is 1. The summed E-state index contributed by atoms with van der Waals surface area (Å²) in [6, 6.07) is 4.31. The van der Waals surface area contributed by atoms with Crippen LogP contribution in [0.3, 0.4) is 0 Å². The zero-order chi connectivity index (χ0) is 14.3. The number of nitrogens with one attached hydrogen (secondary N) is 1. The number of carboxylic acid groups (broad SMARTS) is 1. The van der Waals surface area contributed by atoms with Gasteiger partial charge in [-0.25, -0.2) is 9.59 Å². The third kappa shape index (κ3) is 4.95. The maximum absolute atomic E-state index is 11.5. The number of pyridine rings is 1. The molecule has 104 valence electrons. The molecular weight excluding hydrogens is 248 g/mol. The maximum Gasteiger partial charge on any atom is 0.408 e. The van der Waals surface area contributed by atoms with Crippen molar-refractivity contribution in [1.29, 1.82) is 0 Å². The summed E-state index contributed by atoms with van der Waals surface area (Å²) < 4.78 is 4.93. The van der Waals surface area contributed by atoms with Crippen molar-refractivity contribution < 1.29 is 19.4 Å². The van der Waals surface area contributed by atoms with Crippen molar-refractivity contribution in [3.8, 4) is 0 Å². The zero-order valence-electron chi connectivity index (χ0n) is 11.0. The number of rotatable bonds is 6. The highest BCUT2D eigenvalue weighted by Gasteiger charge is 2.25. The smallest absolute Gasteiger partial charge is 0.408 e. The molecule has 0 spiro atoms. The quantitative estimate of drug-likeness (QED) is 0.819. The van der Waals surface area contributed by atoms with E-state index in [-0.39, 0.29) is 12.5 Å². The number of carbonyl (C=O) groups is 2. The highest BCUT2D eigenvalue weighted by atomic mass is 16.5. The molecule has 1 rings (SSSR count). The van der Waals surface area contributed by atoms with Crippen molar-refractivity contribution in [3.05, 3.63) is 30.1 Å². The molecule has 0 bridgehead atoms. The van der Waals surface area contributed by atoms with Gasteiger partial charge in [0.05, 0.1) is 5.69 Å². The van der Waals surface area contributed by atoms with Crippen molar-refractivity contribution >= 4 is 12.1 Å². The molecule has 0 aliphatic heterocycles. The van der Waals surface area contributed by atoms with Crippen LogP contribution in [0.25, 0.3) is 0 Å². The second kappa shape index (κ2) is 7.35. The molecule has 0 aromatic carbocycles. The van der Waals surface area contributed by atoms with Crippen molar-refractivity contribution in [2.45, 2.75) is 32.9 Å². The van der Waals surface area contributed by atoms with E-state index in [0.717, 1.165) is 0 Å². The van der Waals surface area contributed by atoms with Crippen LogP contribution in [-0.4, -0.2) is 28.2 Å². The summed E-state index contributed by atoms with van der Waals surface area (Å²) in [5, 5.41) is 11.4. The summed E-state index contributed by atoms with van der Waals surface area (Å²) in [6.45, 7) is 3.64. The first-order valence-electron chi connectivity index (χ1n) is 6.10. The molecule has 2 N–H and O–H groups in total. The van der Waals surface area contributed by atoms with E-state index in [1.54, 1.807) is 31.3 Å². The molecule has 1 amide bonds. The Labute approximate surface area is 111 Å². The minimum absolute atomic E-state index is 0.0134. The molecule has 1 aromatic heterocycles. The Morgan fingerprint density at radius 1 is 1.47 bits per heavy atom. The Balaban J connectivity index is 2.47. The van der Waals surface area contributed by atoms with Crippen molar-refractivity contribution in [2.24, 2.45) is 5.92 Å². The van der Waals surface area contributed by atoms with Crippen LogP contribution in [0.1, 0.15) is 26.0 Å². The lowest BCUT2D eigenvalue weighted by Crippen LogP contribution is -2.45. The maximum atomic E-state index is 11.5. The Morgan fingerprint density at radius 2 is 2.21 bits per heavy atom. The van der Waals surface area contributed by atoms with Gasteiger partial charge in [0.2, 0.25) is 0 Å². The van der Waals surface area contributed by atoms with Crippen LogP contribution in [-0.2, 0) is 16.1 Å². The average Bonchev–Trinajstić information content (AvgIpc) is 2.42. The molecule has 0 unspecified atom stereocenters. The van der Waals surface area contributed by atoms with Gasteiger partial charge in [0.25, 0.3) is 0 Å². The molecule has 2 atom stereocenters. The second-order valence-electron chi connectivity index (χ2n) is 4.24. The van der Waals surface area contributed by atoms with Crippen molar-refractivity contribution in [2.75, 3.05) is 0 Å². The van der Waals surface area contributed by atoms with Crippen LogP contribution < -0.4 is 5.32 Å². The van der Waals surface area contributed by atoms with Crippen LogP contribution in [0, 0.1) is 5.92 Å². The summed E-state index contributed by atoms with van der Waals surface area (Å²) >= 11 is 0. The first-order chi connectivity index (χ1) is 9.04. The van der Waals surface area contributed by atoms with Gasteiger partial charge in [0.15, 0.2) is 0 Å². The number of hydrogen-bond donors (Lipinski definition) is 2. The number of aromatic nitrogens is 1. The topological polar surface area (TPSA) is 88.5 Å². The van der Waals surface area contributed by atoms with E-state index >= 15 is 0 Å². The zero-order valence-corrected chi connectivity index (χ0v) is 11.0. The fourth-order valence-corrected chi connectivity index (χ4v) is 1.47. The highest BCUT2D eigenvalue weighted by Crippen LogP contribution is 2.08. The van der Waals surface area contributed by atoms with Crippen LogP contribution >= 0.6 is 0 Å². The Hall–Kier alpha value is -2.11. The van der Waals surface area contributed by atoms with Crippen LogP contribution in [0.15, 0.2) is 24.4 Å². The van der Waals surface area contributed by atoms with Gasteiger partial charge in [-0.15, -0.1) is 0 Å². The molecular formula is C13H18N2O4. The van der Waals surface area contributed by atoms with E-state index in [4.69, 9.17) is 9.84 Å². The van der Waals surface area contributed by atoms with Gasteiger partial charge in [-0.2, -0.15) is 0 Å². The first kappa shape index (κ1) is 14.9. The minimum atomic E-state index is -1.07. The minimum Gasteiger partial charge on any atom is -0.480 e. The molecule has 0 aliphatic rings. The van der Waals surface area contributed by atoms with Crippen LogP contribution in [0.5, 0.6) is 0 Å². The fourth-order valence-electron chi connectivity index (χ4n) is 1.47. The van der Waals surface area contributed by atoms with Gasteiger partial charge >= 0.3 is 12.1 Å². The lowest BCUT2D eigenvalue weighted by molar-refractivity contribution is -0.140. The summed E-state index contributed by atoms with van der Waals surface area (Å²) in [7, 11) is 0. The summed E-state index contributed by atoms with van der Waals surface area (Å²) in [5.74, 6) is -1.23. The molecule has 6 heteroatoms. The molecule has 0 radical (unpaired) electrons. The SMILES string of the molecule is CC[C@H](C)[C@H](NC(=O)OCc1ccccn1)C(=O)O. The largest absolute Gasteiger partial charge is 0.480 e. The van der Waals surface area contributed by atoms with E-state index in [1.807, 2.05) is 6.92 Å². The van der Waals surface area contributed by atoms with Gasteiger partial charge in [0, 0.05) is 6.20 Å². The first-order valence-corrected chi connectivity index (χ1v) is 6.10. The number of amides is 1. The fraction of sp³-hybridized carbons (Fsp3) is 0.462. The van der Waals surface area contributed by atoms with E-state index < -0.39 is 18.1 Å². The predicted molar refractivity (Wildman–Crippen MR) is 68.4 cm³/mol. The Bertz CT molecular complexity index is 422. The third-order valence-corrected chi connectivity index (χ3v) is 2.83. The van der Waals surface area contributed by atoms with Gasteiger partial charge in [-0.05, 0) is 18.1 Å². The highest BCUT2D eigenvalue weighted by molar-refractivity contribution is 5.80. The number of nitrogens with zero attached hydrogens (tertiary/aromatic N) is 1. The molecule has 1 heterocycles. The number of alkyl carbamates (subject to hydrolysis) is 1. The average molecular weight is 266 g/mol. The van der Waals surface area contributed by atoms with Crippen molar-refractivity contribution in [1.82, 2.24) is 10.3 Å². The summed E-state index contributed by atoms with van der Waals surface area (Å²) in [6.07, 6.45) is 1.49. The molecule has 0 saturated carbocycles. The van der Waals surface area contributed by atoms with E-state index in [0.29, 0.717) is 12.1 Å². The van der Waals surface area contributed by atoms with E-state index in [2.05, 4.69) is 10.3 Å². The predicted octanol–water partition coefficient (Wildman–Crippen LogP) is 1.81. The van der Waals surface area contributed by atoms with Gasteiger partial charge < -0.3 is 15.2 Å². The number of hydrogen-bond acceptors (Lipinski definition) is 4. The molecule has 0 fully saturated rings. The molecule has 0 saturated heterocycles. The van der Waals surface area contributed by atoms with Crippen LogP contribution in [0.4, 0.5) is 4.79 Å². The number of carboxylic acids is 1. The second-order valence-corrected chi connectivity index (χ2v) is 4.24. The van der Waals surface area contributed by atoms with Crippen LogP contribution in [0.2, 0.25) is 0 Å². The Morgan fingerprint density at radius 3 is 2.74 bits per heavy atom. The molecule has 19 heavy (non-hydrogen) atoms. The molecule has 1 aromatic rings. The third-order valence-electron chi connectivity index (χ3n) is 2.83. The normalized spacial score (nSPS) is 13.4.